The highest BCUT2D eigenvalue weighted by Crippen LogP contribution is 2.14. The summed E-state index contributed by atoms with van der Waals surface area (Å²) in [6, 6.07) is 7.01. The van der Waals surface area contributed by atoms with E-state index in [1.807, 2.05) is 12.1 Å². The van der Waals surface area contributed by atoms with Crippen LogP contribution in [0.4, 0.5) is 0 Å². The molecule has 1 N–H and O–H groups in total. The van der Waals surface area contributed by atoms with E-state index in [0.29, 0.717) is 18.1 Å². The largest absolute Gasteiger partial charge is 0.301 e. The second kappa shape index (κ2) is 5.50. The van der Waals surface area contributed by atoms with E-state index in [4.69, 9.17) is 11.6 Å². The number of likely N-dealkylation sites (tertiary alicyclic amines) is 1. The van der Waals surface area contributed by atoms with Gasteiger partial charge < -0.3 is 5.32 Å². The first-order chi connectivity index (χ1) is 8.61. The second-order valence-corrected chi connectivity index (χ2v) is 4.68. The Labute approximate surface area is 111 Å². The molecule has 0 bridgehead atoms. The van der Waals surface area contributed by atoms with Gasteiger partial charge in [-0.3, -0.25) is 14.5 Å². The number of benzene rings is 1. The Kier molecular flexibility index (Phi) is 3.99. The molecule has 5 heteroatoms. The van der Waals surface area contributed by atoms with Crippen molar-refractivity contribution in [1.29, 1.82) is 0 Å². The Balaban J connectivity index is 1.93. The molecule has 0 aromatic heterocycles. The third kappa shape index (κ3) is 2.71. The number of carbonyl (C=O) groups excluding carboxylic acids is 2. The van der Waals surface area contributed by atoms with Gasteiger partial charge in [0.1, 0.15) is 0 Å². The number of hydrogen-bond donors (Lipinski definition) is 1. The number of likely N-dealkylation sites (N-methyl/N-ethyl adjacent to an activating group) is 1. The summed E-state index contributed by atoms with van der Waals surface area (Å²) in [5.41, 5.74) is 1.04. The number of carbonyl (C=O) groups is 2. The Bertz CT molecular complexity index is 459. The fraction of sp³-hybridized carbons (Fsp3) is 0.385. The molecule has 1 aliphatic rings. The van der Waals surface area contributed by atoms with Gasteiger partial charge in [0.05, 0.1) is 12.5 Å². The molecule has 1 saturated heterocycles. The zero-order chi connectivity index (χ0) is 13.1. The molecule has 1 fully saturated rings. The standard InChI is InChI=1S/C13H15ClN2O2/c1-2-16-12(17)7-11(13(16)18)15-8-9-3-5-10(14)6-4-9/h3-6,11,15H,2,7-8H2,1H3. The zero-order valence-electron chi connectivity index (χ0n) is 10.1. The van der Waals surface area contributed by atoms with E-state index in [9.17, 15) is 9.59 Å². The lowest BCUT2D eigenvalue weighted by molar-refractivity contribution is -0.138. The van der Waals surface area contributed by atoms with Crippen LogP contribution >= 0.6 is 11.6 Å². The van der Waals surface area contributed by atoms with Crippen LogP contribution in [0.2, 0.25) is 5.02 Å². The van der Waals surface area contributed by atoms with Gasteiger partial charge in [-0.05, 0) is 24.6 Å². The first-order valence-corrected chi connectivity index (χ1v) is 6.31. The Morgan fingerprint density at radius 3 is 2.56 bits per heavy atom. The van der Waals surface area contributed by atoms with Gasteiger partial charge in [-0.25, -0.2) is 0 Å². The van der Waals surface area contributed by atoms with Crippen LogP contribution in [-0.4, -0.2) is 29.3 Å². The molecule has 4 nitrogen and oxygen atoms in total. The van der Waals surface area contributed by atoms with E-state index in [2.05, 4.69) is 5.32 Å². The predicted octanol–water partition coefficient (Wildman–Crippen LogP) is 1.58. The number of rotatable bonds is 4. The van der Waals surface area contributed by atoms with Gasteiger partial charge in [-0.1, -0.05) is 23.7 Å². The molecule has 0 radical (unpaired) electrons. The van der Waals surface area contributed by atoms with Crippen LogP contribution in [-0.2, 0) is 16.1 Å². The molecule has 1 aromatic carbocycles. The minimum absolute atomic E-state index is 0.101. The van der Waals surface area contributed by atoms with Crippen molar-refractivity contribution in [2.75, 3.05) is 6.54 Å². The van der Waals surface area contributed by atoms with Crippen LogP contribution in [0.15, 0.2) is 24.3 Å². The summed E-state index contributed by atoms with van der Waals surface area (Å²) in [5, 5.41) is 3.79. The van der Waals surface area contributed by atoms with Crippen molar-refractivity contribution in [2.24, 2.45) is 0 Å². The maximum absolute atomic E-state index is 11.8. The van der Waals surface area contributed by atoms with Gasteiger partial charge in [0.2, 0.25) is 11.8 Å². The van der Waals surface area contributed by atoms with Crippen LogP contribution in [0.25, 0.3) is 0 Å². The number of nitrogens with zero attached hydrogens (tertiary/aromatic N) is 1. The molecule has 2 amide bonds. The molecular weight excluding hydrogens is 252 g/mol. The highest BCUT2D eigenvalue weighted by atomic mass is 35.5. The van der Waals surface area contributed by atoms with E-state index in [1.54, 1.807) is 19.1 Å². The van der Waals surface area contributed by atoms with Gasteiger partial charge >= 0.3 is 0 Å². The van der Waals surface area contributed by atoms with Crippen molar-refractivity contribution in [3.8, 4) is 0 Å². The average molecular weight is 267 g/mol. The quantitative estimate of drug-likeness (QED) is 0.842. The third-order valence-electron chi connectivity index (χ3n) is 3.03. The third-order valence-corrected chi connectivity index (χ3v) is 3.28. The number of amides is 2. The van der Waals surface area contributed by atoms with Crippen molar-refractivity contribution in [3.63, 3.8) is 0 Å². The SMILES string of the molecule is CCN1C(=O)CC(NCc2ccc(Cl)cc2)C1=O. The predicted molar refractivity (Wildman–Crippen MR) is 69.1 cm³/mol. The maximum Gasteiger partial charge on any atom is 0.246 e. The smallest absolute Gasteiger partial charge is 0.246 e. The topological polar surface area (TPSA) is 49.4 Å². The molecular formula is C13H15ClN2O2. The number of imide groups is 1. The van der Waals surface area contributed by atoms with Crippen molar-refractivity contribution in [3.05, 3.63) is 34.9 Å². The highest BCUT2D eigenvalue weighted by Gasteiger charge is 2.36. The number of hydrogen-bond acceptors (Lipinski definition) is 3. The summed E-state index contributed by atoms with van der Waals surface area (Å²) < 4.78 is 0. The molecule has 1 unspecified atom stereocenters. The van der Waals surface area contributed by atoms with E-state index in [0.717, 1.165) is 5.56 Å². The lowest BCUT2D eigenvalue weighted by Gasteiger charge is -2.13. The Morgan fingerprint density at radius 2 is 2.00 bits per heavy atom. The van der Waals surface area contributed by atoms with Gasteiger partial charge in [-0.2, -0.15) is 0 Å². The van der Waals surface area contributed by atoms with Crippen molar-refractivity contribution >= 4 is 23.4 Å². The molecule has 18 heavy (non-hydrogen) atoms. The molecule has 2 rings (SSSR count). The summed E-state index contributed by atoms with van der Waals surface area (Å²) in [6.45, 7) is 2.80. The molecule has 1 aliphatic heterocycles. The summed E-state index contributed by atoms with van der Waals surface area (Å²) in [4.78, 5) is 24.7. The van der Waals surface area contributed by atoms with Crippen LogP contribution in [0, 0.1) is 0 Å². The molecule has 96 valence electrons. The monoisotopic (exact) mass is 266 g/mol. The highest BCUT2D eigenvalue weighted by molar-refractivity contribution is 6.30. The fourth-order valence-electron chi connectivity index (χ4n) is 2.02. The molecule has 0 aliphatic carbocycles. The first-order valence-electron chi connectivity index (χ1n) is 5.94. The minimum atomic E-state index is -0.395. The summed E-state index contributed by atoms with van der Waals surface area (Å²) in [5.74, 6) is -0.229. The van der Waals surface area contributed by atoms with Gasteiger partial charge in [0.25, 0.3) is 0 Å². The van der Waals surface area contributed by atoms with Gasteiger partial charge in [0.15, 0.2) is 0 Å². The van der Waals surface area contributed by atoms with E-state index in [1.165, 1.54) is 4.90 Å². The van der Waals surface area contributed by atoms with Crippen LogP contribution < -0.4 is 5.32 Å². The van der Waals surface area contributed by atoms with E-state index in [-0.39, 0.29) is 18.2 Å². The van der Waals surface area contributed by atoms with Crippen molar-refractivity contribution in [1.82, 2.24) is 10.2 Å². The fourth-order valence-corrected chi connectivity index (χ4v) is 2.14. The van der Waals surface area contributed by atoms with Gasteiger partial charge in [0, 0.05) is 18.1 Å². The zero-order valence-corrected chi connectivity index (χ0v) is 10.9. The lowest BCUT2D eigenvalue weighted by Crippen LogP contribution is -2.38. The maximum atomic E-state index is 11.8. The second-order valence-electron chi connectivity index (χ2n) is 4.24. The Hall–Kier alpha value is -1.39. The molecule has 0 saturated carbocycles. The first kappa shape index (κ1) is 13.1. The van der Waals surface area contributed by atoms with E-state index < -0.39 is 6.04 Å². The molecule has 1 atom stereocenters. The van der Waals surface area contributed by atoms with E-state index >= 15 is 0 Å². The molecule has 1 heterocycles. The summed E-state index contributed by atoms with van der Waals surface area (Å²) in [6.07, 6.45) is 0.250. The molecule has 1 aromatic rings. The summed E-state index contributed by atoms with van der Waals surface area (Å²) in [7, 11) is 0. The van der Waals surface area contributed by atoms with Crippen LogP contribution in [0.3, 0.4) is 0 Å². The van der Waals surface area contributed by atoms with Gasteiger partial charge in [-0.15, -0.1) is 0 Å². The van der Waals surface area contributed by atoms with Crippen LogP contribution in [0.1, 0.15) is 18.9 Å². The minimum Gasteiger partial charge on any atom is -0.301 e. The molecule has 0 spiro atoms. The van der Waals surface area contributed by atoms with Crippen molar-refractivity contribution in [2.45, 2.75) is 25.9 Å². The normalized spacial score (nSPS) is 19.7. The van der Waals surface area contributed by atoms with Crippen molar-refractivity contribution < 1.29 is 9.59 Å². The average Bonchev–Trinajstić information content (AvgIpc) is 2.63. The van der Waals surface area contributed by atoms with Crippen LogP contribution in [0.5, 0.6) is 0 Å². The number of nitrogens with one attached hydrogen (secondary N) is 1. The Morgan fingerprint density at radius 1 is 1.33 bits per heavy atom. The summed E-state index contributed by atoms with van der Waals surface area (Å²) >= 11 is 5.79. The lowest BCUT2D eigenvalue weighted by atomic mass is 10.2. The number of halogens is 1.